The van der Waals surface area contributed by atoms with E-state index in [0.717, 1.165) is 19.4 Å². The topological polar surface area (TPSA) is 57.7 Å². The predicted molar refractivity (Wildman–Crippen MR) is 90.8 cm³/mol. The van der Waals surface area contributed by atoms with Crippen LogP contribution in [0.5, 0.6) is 0 Å². The number of carbonyl (C=O) groups is 1. The molecular formula is C16H24N2O3S2. The summed E-state index contributed by atoms with van der Waals surface area (Å²) in [6.07, 6.45) is 4.63. The first-order valence-electron chi connectivity index (χ1n) is 8.34. The van der Waals surface area contributed by atoms with Crippen LogP contribution >= 0.6 is 11.3 Å². The van der Waals surface area contributed by atoms with Crippen LogP contribution in [0.1, 0.15) is 39.0 Å². The minimum absolute atomic E-state index is 0.0228. The first-order chi connectivity index (χ1) is 11.0. The molecule has 3 rings (SSSR count). The van der Waals surface area contributed by atoms with Crippen molar-refractivity contribution in [3.63, 3.8) is 0 Å². The Morgan fingerprint density at radius 2 is 1.91 bits per heavy atom. The fourth-order valence-corrected chi connectivity index (χ4v) is 6.15. The Morgan fingerprint density at radius 1 is 1.17 bits per heavy atom. The lowest BCUT2D eigenvalue weighted by molar-refractivity contribution is -0.140. The molecule has 23 heavy (non-hydrogen) atoms. The molecule has 0 bridgehead atoms. The largest absolute Gasteiger partial charge is 0.340 e. The summed E-state index contributed by atoms with van der Waals surface area (Å²) in [6.45, 7) is 3.86. The quantitative estimate of drug-likeness (QED) is 0.836. The Kier molecular flexibility index (Phi) is 5.08. The van der Waals surface area contributed by atoms with Gasteiger partial charge in [-0.15, -0.1) is 11.3 Å². The van der Waals surface area contributed by atoms with E-state index in [9.17, 15) is 13.2 Å². The highest BCUT2D eigenvalue weighted by Crippen LogP contribution is 2.28. The van der Waals surface area contributed by atoms with Crippen LogP contribution in [-0.2, 0) is 14.8 Å². The highest BCUT2D eigenvalue weighted by Gasteiger charge is 2.35. The molecule has 0 N–H and O–H groups in total. The average Bonchev–Trinajstić information content (AvgIpc) is 3.10. The lowest BCUT2D eigenvalue weighted by atomic mass is 9.94. The molecule has 0 radical (unpaired) electrons. The van der Waals surface area contributed by atoms with Gasteiger partial charge < -0.3 is 4.90 Å². The van der Waals surface area contributed by atoms with Crippen LogP contribution in [0, 0.1) is 5.92 Å². The Balaban J connectivity index is 1.61. The molecule has 1 atom stereocenters. The fraction of sp³-hybridized carbons (Fsp3) is 0.688. The summed E-state index contributed by atoms with van der Waals surface area (Å²) < 4.78 is 27.0. The van der Waals surface area contributed by atoms with Crippen molar-refractivity contribution < 1.29 is 13.2 Å². The summed E-state index contributed by atoms with van der Waals surface area (Å²) in [5.74, 6) is 0.204. The van der Waals surface area contributed by atoms with Crippen molar-refractivity contribution in [3.8, 4) is 0 Å². The Bertz CT molecular complexity index is 634. The zero-order chi connectivity index (χ0) is 16.4. The summed E-state index contributed by atoms with van der Waals surface area (Å²) in [6, 6.07) is 3.72. The van der Waals surface area contributed by atoms with E-state index in [1.807, 2.05) is 4.90 Å². The molecule has 0 spiro atoms. The molecule has 1 aromatic rings. The van der Waals surface area contributed by atoms with Gasteiger partial charge >= 0.3 is 0 Å². The number of hydrogen-bond acceptors (Lipinski definition) is 4. The number of rotatable bonds is 3. The van der Waals surface area contributed by atoms with E-state index < -0.39 is 10.0 Å². The molecule has 0 aliphatic carbocycles. The first kappa shape index (κ1) is 16.9. The van der Waals surface area contributed by atoms with Crippen LogP contribution in [0.4, 0.5) is 0 Å². The monoisotopic (exact) mass is 356 g/mol. The molecule has 3 heterocycles. The SMILES string of the molecule is CC1CCCCN1C(=O)C1CCN(S(=O)(=O)c2cccs2)CC1. The molecule has 2 fully saturated rings. The number of nitrogens with zero attached hydrogens (tertiary/aromatic N) is 2. The smallest absolute Gasteiger partial charge is 0.252 e. The van der Waals surface area contributed by atoms with Gasteiger partial charge in [0, 0.05) is 31.6 Å². The lowest BCUT2D eigenvalue weighted by Crippen LogP contribution is -2.48. The third-order valence-corrected chi connectivity index (χ3v) is 8.25. The van der Waals surface area contributed by atoms with E-state index in [4.69, 9.17) is 0 Å². The molecule has 7 heteroatoms. The number of hydrogen-bond donors (Lipinski definition) is 0. The van der Waals surface area contributed by atoms with Gasteiger partial charge in [0.05, 0.1) is 0 Å². The van der Waals surface area contributed by atoms with Crippen molar-refractivity contribution in [1.29, 1.82) is 0 Å². The number of piperidine rings is 2. The summed E-state index contributed by atoms with van der Waals surface area (Å²) in [7, 11) is -3.38. The predicted octanol–water partition coefficient (Wildman–Crippen LogP) is 2.55. The van der Waals surface area contributed by atoms with Crippen LogP contribution in [0.2, 0.25) is 0 Å². The maximum absolute atomic E-state index is 12.7. The van der Waals surface area contributed by atoms with Gasteiger partial charge in [0.15, 0.2) is 0 Å². The molecule has 5 nitrogen and oxygen atoms in total. The number of carbonyl (C=O) groups excluding carboxylic acids is 1. The lowest BCUT2D eigenvalue weighted by Gasteiger charge is -2.38. The van der Waals surface area contributed by atoms with Crippen LogP contribution < -0.4 is 0 Å². The van der Waals surface area contributed by atoms with Crippen molar-refractivity contribution >= 4 is 27.3 Å². The first-order valence-corrected chi connectivity index (χ1v) is 10.7. The van der Waals surface area contributed by atoms with Gasteiger partial charge in [-0.2, -0.15) is 4.31 Å². The second-order valence-electron chi connectivity index (χ2n) is 6.49. The van der Waals surface area contributed by atoms with E-state index in [2.05, 4.69) is 6.92 Å². The number of amides is 1. The molecule has 2 saturated heterocycles. The zero-order valence-corrected chi connectivity index (χ0v) is 15.1. The highest BCUT2D eigenvalue weighted by molar-refractivity contribution is 7.91. The van der Waals surface area contributed by atoms with Crippen molar-refractivity contribution in [2.24, 2.45) is 5.92 Å². The minimum atomic E-state index is -3.38. The van der Waals surface area contributed by atoms with Gasteiger partial charge in [-0.3, -0.25) is 4.79 Å². The molecule has 1 amide bonds. The Hall–Kier alpha value is -0.920. The number of thiophene rings is 1. The molecule has 2 aliphatic heterocycles. The van der Waals surface area contributed by atoms with Crippen molar-refractivity contribution in [2.45, 2.75) is 49.3 Å². The Morgan fingerprint density at radius 3 is 2.52 bits per heavy atom. The summed E-state index contributed by atoms with van der Waals surface area (Å²) in [4.78, 5) is 14.7. The second-order valence-corrected chi connectivity index (χ2v) is 9.60. The van der Waals surface area contributed by atoms with Gasteiger partial charge in [-0.1, -0.05) is 6.07 Å². The fourth-order valence-electron chi connectivity index (χ4n) is 3.54. The maximum Gasteiger partial charge on any atom is 0.252 e. The normalized spacial score (nSPS) is 24.7. The van der Waals surface area contributed by atoms with Crippen molar-refractivity contribution in [3.05, 3.63) is 17.5 Å². The second kappa shape index (κ2) is 6.91. The molecule has 0 saturated carbocycles. The van der Waals surface area contributed by atoms with E-state index in [1.54, 1.807) is 17.5 Å². The molecule has 128 valence electrons. The summed E-state index contributed by atoms with van der Waals surface area (Å²) >= 11 is 1.25. The standard InChI is InChI=1S/C16H24N2O3S2/c1-13-5-2-3-9-18(13)16(19)14-7-10-17(11-8-14)23(20,21)15-6-4-12-22-15/h4,6,12-14H,2-3,5,7-11H2,1H3. The average molecular weight is 357 g/mol. The van der Waals surface area contributed by atoms with Gasteiger partial charge in [0.1, 0.15) is 4.21 Å². The molecule has 1 unspecified atom stereocenters. The van der Waals surface area contributed by atoms with Crippen LogP contribution in [0.25, 0.3) is 0 Å². The molecular weight excluding hydrogens is 332 g/mol. The van der Waals surface area contributed by atoms with E-state index in [1.165, 1.54) is 22.1 Å². The van der Waals surface area contributed by atoms with Gasteiger partial charge in [0.2, 0.25) is 5.91 Å². The van der Waals surface area contributed by atoms with E-state index in [-0.39, 0.29) is 11.8 Å². The zero-order valence-electron chi connectivity index (χ0n) is 13.5. The van der Waals surface area contributed by atoms with E-state index in [0.29, 0.717) is 36.2 Å². The van der Waals surface area contributed by atoms with Gasteiger partial charge in [0.25, 0.3) is 10.0 Å². The van der Waals surface area contributed by atoms with Crippen molar-refractivity contribution in [1.82, 2.24) is 9.21 Å². The van der Waals surface area contributed by atoms with Crippen molar-refractivity contribution in [2.75, 3.05) is 19.6 Å². The summed E-state index contributed by atoms with van der Waals surface area (Å²) in [5.41, 5.74) is 0. The molecule has 2 aliphatic rings. The van der Waals surface area contributed by atoms with Crippen LogP contribution in [-0.4, -0.2) is 49.2 Å². The molecule has 0 aromatic carbocycles. The third kappa shape index (κ3) is 3.46. The van der Waals surface area contributed by atoms with Gasteiger partial charge in [-0.05, 0) is 50.5 Å². The van der Waals surface area contributed by atoms with Gasteiger partial charge in [-0.25, -0.2) is 8.42 Å². The highest BCUT2D eigenvalue weighted by atomic mass is 32.2. The van der Waals surface area contributed by atoms with Crippen LogP contribution in [0.15, 0.2) is 21.7 Å². The molecule has 1 aromatic heterocycles. The number of sulfonamides is 1. The number of likely N-dealkylation sites (tertiary alicyclic amines) is 1. The van der Waals surface area contributed by atoms with Crippen LogP contribution in [0.3, 0.4) is 0 Å². The maximum atomic E-state index is 12.7. The third-order valence-electron chi connectivity index (χ3n) is 4.98. The minimum Gasteiger partial charge on any atom is -0.340 e. The van der Waals surface area contributed by atoms with E-state index >= 15 is 0 Å². The Labute approximate surface area is 142 Å². The summed E-state index contributed by atoms with van der Waals surface area (Å²) in [5, 5.41) is 1.78.